The Morgan fingerprint density at radius 2 is 2.18 bits per heavy atom. The molecule has 0 spiro atoms. The van der Waals surface area contributed by atoms with Crippen molar-refractivity contribution < 1.29 is 14.2 Å². The fourth-order valence-electron chi connectivity index (χ4n) is 1.76. The zero-order valence-electron chi connectivity index (χ0n) is 10.1. The van der Waals surface area contributed by atoms with Crippen LogP contribution in [0.4, 0.5) is 5.69 Å². The van der Waals surface area contributed by atoms with Crippen molar-refractivity contribution in [1.82, 2.24) is 0 Å². The van der Waals surface area contributed by atoms with Crippen molar-refractivity contribution in [3.05, 3.63) is 18.2 Å². The number of rotatable bonds is 5. The van der Waals surface area contributed by atoms with Crippen LogP contribution in [0.1, 0.15) is 19.8 Å². The molecule has 1 aliphatic rings. The van der Waals surface area contributed by atoms with Crippen molar-refractivity contribution in [1.29, 1.82) is 0 Å². The second kappa shape index (κ2) is 5.77. The molecule has 17 heavy (non-hydrogen) atoms. The van der Waals surface area contributed by atoms with Gasteiger partial charge in [-0.2, -0.15) is 0 Å². The molecule has 0 radical (unpaired) electrons. The minimum absolute atomic E-state index is 0.135. The molecule has 1 atom stereocenters. The highest BCUT2D eigenvalue weighted by Crippen LogP contribution is 2.26. The molecule has 1 fully saturated rings. The summed E-state index contributed by atoms with van der Waals surface area (Å²) in [5.41, 5.74) is 6.47. The first-order valence-electron chi connectivity index (χ1n) is 6.05. The van der Waals surface area contributed by atoms with Crippen LogP contribution in [0.3, 0.4) is 0 Å². The lowest BCUT2D eigenvalue weighted by Crippen LogP contribution is -2.15. The van der Waals surface area contributed by atoms with E-state index in [0.717, 1.165) is 30.9 Å². The lowest BCUT2D eigenvalue weighted by Gasteiger charge is -2.14. The predicted octanol–water partition coefficient (Wildman–Crippen LogP) is 2.23. The van der Waals surface area contributed by atoms with E-state index in [-0.39, 0.29) is 6.10 Å². The number of benzene rings is 1. The van der Waals surface area contributed by atoms with E-state index in [9.17, 15) is 0 Å². The monoisotopic (exact) mass is 237 g/mol. The number of ether oxygens (including phenoxy) is 3. The zero-order chi connectivity index (χ0) is 12.1. The molecule has 0 bridgehead atoms. The van der Waals surface area contributed by atoms with Gasteiger partial charge in [0.15, 0.2) is 0 Å². The van der Waals surface area contributed by atoms with Gasteiger partial charge in [-0.3, -0.25) is 0 Å². The third-order valence-corrected chi connectivity index (χ3v) is 2.57. The minimum atomic E-state index is 0.135. The Labute approximate surface area is 102 Å². The van der Waals surface area contributed by atoms with Crippen molar-refractivity contribution >= 4 is 5.69 Å². The fraction of sp³-hybridized carbons (Fsp3) is 0.538. The lowest BCUT2D eigenvalue weighted by atomic mass is 10.2. The topological polar surface area (TPSA) is 53.7 Å². The second-order valence-electron chi connectivity index (χ2n) is 4.19. The maximum atomic E-state index is 5.81. The molecule has 0 saturated carbocycles. The molecule has 94 valence electrons. The summed E-state index contributed by atoms with van der Waals surface area (Å²) in [4.78, 5) is 0. The standard InChI is InChI=1S/C13H19NO3/c1-2-4-16-12-6-10(14)7-13(8-12)17-11-3-5-15-9-11/h6-8,11H,2-5,9,14H2,1H3. The first-order chi connectivity index (χ1) is 8.28. The normalized spacial score (nSPS) is 19.2. The van der Waals surface area contributed by atoms with Crippen molar-refractivity contribution in [3.63, 3.8) is 0 Å². The van der Waals surface area contributed by atoms with E-state index in [4.69, 9.17) is 19.9 Å². The van der Waals surface area contributed by atoms with Crippen LogP contribution in [0.5, 0.6) is 11.5 Å². The first kappa shape index (κ1) is 12.0. The van der Waals surface area contributed by atoms with Gasteiger partial charge in [-0.1, -0.05) is 6.92 Å². The van der Waals surface area contributed by atoms with Gasteiger partial charge < -0.3 is 19.9 Å². The van der Waals surface area contributed by atoms with E-state index in [2.05, 4.69) is 6.92 Å². The van der Waals surface area contributed by atoms with Crippen LogP contribution in [0, 0.1) is 0 Å². The van der Waals surface area contributed by atoms with Crippen LogP contribution in [-0.4, -0.2) is 25.9 Å². The summed E-state index contributed by atoms with van der Waals surface area (Å²) < 4.78 is 16.6. The van der Waals surface area contributed by atoms with Crippen LogP contribution in [0.2, 0.25) is 0 Å². The smallest absolute Gasteiger partial charge is 0.125 e. The van der Waals surface area contributed by atoms with Crippen LogP contribution >= 0.6 is 0 Å². The van der Waals surface area contributed by atoms with E-state index < -0.39 is 0 Å². The highest BCUT2D eigenvalue weighted by atomic mass is 16.5. The Morgan fingerprint density at radius 1 is 1.35 bits per heavy atom. The highest BCUT2D eigenvalue weighted by molar-refractivity contribution is 5.50. The molecule has 0 amide bonds. The van der Waals surface area contributed by atoms with E-state index >= 15 is 0 Å². The summed E-state index contributed by atoms with van der Waals surface area (Å²) in [5, 5.41) is 0. The van der Waals surface area contributed by atoms with Gasteiger partial charge in [0.1, 0.15) is 17.6 Å². The van der Waals surface area contributed by atoms with Crippen molar-refractivity contribution in [2.75, 3.05) is 25.6 Å². The molecule has 1 unspecified atom stereocenters. The number of nitrogen functional groups attached to an aromatic ring is 1. The molecule has 2 rings (SSSR count). The summed E-state index contributed by atoms with van der Waals surface area (Å²) in [6.07, 6.45) is 2.04. The average Bonchev–Trinajstić information content (AvgIpc) is 2.78. The van der Waals surface area contributed by atoms with Crippen molar-refractivity contribution in [2.45, 2.75) is 25.9 Å². The Bertz CT molecular complexity index is 362. The van der Waals surface area contributed by atoms with Crippen LogP contribution in [-0.2, 0) is 4.74 Å². The number of hydrogen-bond donors (Lipinski definition) is 1. The summed E-state index contributed by atoms with van der Waals surface area (Å²) in [6, 6.07) is 5.51. The molecular formula is C13H19NO3. The Balaban J connectivity index is 2.02. The number of anilines is 1. The van der Waals surface area contributed by atoms with Crippen LogP contribution in [0.25, 0.3) is 0 Å². The van der Waals surface area contributed by atoms with Crippen LogP contribution in [0.15, 0.2) is 18.2 Å². The van der Waals surface area contributed by atoms with E-state index in [0.29, 0.717) is 18.9 Å². The van der Waals surface area contributed by atoms with Crippen molar-refractivity contribution in [3.8, 4) is 11.5 Å². The molecule has 1 aliphatic heterocycles. The second-order valence-corrected chi connectivity index (χ2v) is 4.19. The summed E-state index contributed by atoms with van der Waals surface area (Å²) >= 11 is 0. The van der Waals surface area contributed by atoms with Gasteiger partial charge in [0.2, 0.25) is 0 Å². The van der Waals surface area contributed by atoms with Gasteiger partial charge in [-0.15, -0.1) is 0 Å². The van der Waals surface area contributed by atoms with Gasteiger partial charge in [0, 0.05) is 30.3 Å². The molecule has 4 nitrogen and oxygen atoms in total. The summed E-state index contributed by atoms with van der Waals surface area (Å²) in [6.45, 7) is 4.18. The average molecular weight is 237 g/mol. The van der Waals surface area contributed by atoms with Gasteiger partial charge >= 0.3 is 0 Å². The lowest BCUT2D eigenvalue weighted by molar-refractivity contribution is 0.141. The molecule has 1 aromatic rings. The molecule has 4 heteroatoms. The number of nitrogens with two attached hydrogens (primary N) is 1. The summed E-state index contributed by atoms with van der Waals surface area (Å²) in [5.74, 6) is 1.52. The predicted molar refractivity (Wildman–Crippen MR) is 66.5 cm³/mol. The maximum absolute atomic E-state index is 5.81. The minimum Gasteiger partial charge on any atom is -0.493 e. The third-order valence-electron chi connectivity index (χ3n) is 2.57. The fourth-order valence-corrected chi connectivity index (χ4v) is 1.76. The molecule has 1 aromatic carbocycles. The van der Waals surface area contributed by atoms with Gasteiger partial charge in [0.05, 0.1) is 19.8 Å². The molecule has 0 aliphatic carbocycles. The van der Waals surface area contributed by atoms with E-state index in [1.807, 2.05) is 18.2 Å². The largest absolute Gasteiger partial charge is 0.493 e. The van der Waals surface area contributed by atoms with E-state index in [1.165, 1.54) is 0 Å². The molecule has 2 N–H and O–H groups in total. The van der Waals surface area contributed by atoms with Gasteiger partial charge in [0.25, 0.3) is 0 Å². The maximum Gasteiger partial charge on any atom is 0.125 e. The zero-order valence-corrected chi connectivity index (χ0v) is 10.1. The molecule has 1 saturated heterocycles. The Morgan fingerprint density at radius 3 is 2.88 bits per heavy atom. The highest BCUT2D eigenvalue weighted by Gasteiger charge is 2.17. The Kier molecular flexibility index (Phi) is 4.09. The summed E-state index contributed by atoms with van der Waals surface area (Å²) in [7, 11) is 0. The van der Waals surface area contributed by atoms with E-state index in [1.54, 1.807) is 0 Å². The quantitative estimate of drug-likeness (QED) is 0.798. The number of hydrogen-bond acceptors (Lipinski definition) is 4. The van der Waals surface area contributed by atoms with Gasteiger partial charge in [-0.05, 0) is 6.42 Å². The third kappa shape index (κ3) is 3.53. The molecular weight excluding hydrogens is 218 g/mol. The SMILES string of the molecule is CCCOc1cc(N)cc(OC2CCOC2)c1. The van der Waals surface area contributed by atoms with Crippen molar-refractivity contribution in [2.24, 2.45) is 0 Å². The molecule has 0 aromatic heterocycles. The van der Waals surface area contributed by atoms with Gasteiger partial charge in [-0.25, -0.2) is 0 Å². The Hall–Kier alpha value is -1.42. The first-order valence-corrected chi connectivity index (χ1v) is 6.05. The molecule has 1 heterocycles. The van der Waals surface area contributed by atoms with Crippen LogP contribution < -0.4 is 15.2 Å².